The van der Waals surface area contributed by atoms with Crippen molar-refractivity contribution in [2.75, 3.05) is 20.2 Å². The Morgan fingerprint density at radius 2 is 1.89 bits per heavy atom. The quantitative estimate of drug-likeness (QED) is 0.388. The summed E-state index contributed by atoms with van der Waals surface area (Å²) in [5.41, 5.74) is 1.36. The van der Waals surface area contributed by atoms with Gasteiger partial charge in [-0.3, -0.25) is 4.79 Å². The third-order valence-electron chi connectivity index (χ3n) is 6.02. The normalized spacial score (nSPS) is 15.8. The average Bonchev–Trinajstić information content (AvgIpc) is 3.58. The Hall–Kier alpha value is -4.08. The molecule has 0 spiro atoms. The van der Waals surface area contributed by atoms with E-state index in [1.807, 2.05) is 24.3 Å². The monoisotopic (exact) mass is 477 g/mol. The molecule has 1 amide bonds. The van der Waals surface area contributed by atoms with Crippen molar-refractivity contribution >= 4 is 5.91 Å². The van der Waals surface area contributed by atoms with E-state index < -0.39 is 0 Å². The fraction of sp³-hybridized carbons (Fsp3) is 0.320. The molecule has 4 aromatic rings. The first-order valence-electron chi connectivity index (χ1n) is 11.4. The Labute approximate surface area is 200 Å². The van der Waals surface area contributed by atoms with Crippen LogP contribution in [0.1, 0.15) is 37.0 Å². The lowest BCUT2D eigenvalue weighted by molar-refractivity contribution is -0.132. The van der Waals surface area contributed by atoms with Crippen molar-refractivity contribution in [1.82, 2.24) is 25.2 Å². The number of likely N-dealkylation sites (tertiary alicyclic amines) is 1. The van der Waals surface area contributed by atoms with Crippen LogP contribution in [0.25, 0.3) is 22.8 Å². The third-order valence-corrected chi connectivity index (χ3v) is 6.02. The van der Waals surface area contributed by atoms with Crippen LogP contribution >= 0.6 is 0 Å². The molecule has 0 bridgehead atoms. The van der Waals surface area contributed by atoms with Gasteiger partial charge >= 0.3 is 0 Å². The number of piperidine rings is 1. The Bertz CT molecular complexity index is 1300. The fourth-order valence-electron chi connectivity index (χ4n) is 4.14. The van der Waals surface area contributed by atoms with Crippen molar-refractivity contribution in [3.05, 3.63) is 66.1 Å². The molecule has 1 aliphatic rings. The highest BCUT2D eigenvalue weighted by atomic mass is 19.1. The molecule has 3 heterocycles. The highest BCUT2D eigenvalue weighted by molar-refractivity contribution is 5.76. The lowest BCUT2D eigenvalue weighted by Gasteiger charge is -2.31. The van der Waals surface area contributed by atoms with Gasteiger partial charge in [-0.25, -0.2) is 4.39 Å². The minimum absolute atomic E-state index is 0.00349. The van der Waals surface area contributed by atoms with Crippen LogP contribution in [0, 0.1) is 5.82 Å². The molecule has 2 aromatic heterocycles. The van der Waals surface area contributed by atoms with E-state index in [1.54, 1.807) is 24.1 Å². The van der Waals surface area contributed by atoms with Crippen molar-refractivity contribution in [3.8, 4) is 28.5 Å². The Kier molecular flexibility index (Phi) is 6.51. The van der Waals surface area contributed by atoms with Crippen LogP contribution in [-0.4, -0.2) is 51.3 Å². The lowest BCUT2D eigenvalue weighted by atomic mass is 9.97. The molecule has 0 N–H and O–H groups in total. The van der Waals surface area contributed by atoms with E-state index in [4.69, 9.17) is 13.8 Å². The topological polar surface area (TPSA) is 107 Å². The van der Waals surface area contributed by atoms with E-state index in [2.05, 4.69) is 20.3 Å². The van der Waals surface area contributed by atoms with E-state index in [0.29, 0.717) is 48.5 Å². The molecule has 35 heavy (non-hydrogen) atoms. The van der Waals surface area contributed by atoms with Gasteiger partial charge in [-0.1, -0.05) is 22.4 Å². The highest BCUT2D eigenvalue weighted by Gasteiger charge is 2.29. The van der Waals surface area contributed by atoms with Crippen LogP contribution in [0.3, 0.4) is 0 Å². The van der Waals surface area contributed by atoms with Crippen molar-refractivity contribution in [2.24, 2.45) is 0 Å². The summed E-state index contributed by atoms with van der Waals surface area (Å²) in [6.45, 7) is 1.16. The predicted octanol–water partition coefficient (Wildman–Crippen LogP) is 4.27. The number of halogens is 1. The number of nitrogens with zero attached hydrogens (tertiary/aromatic N) is 5. The van der Waals surface area contributed by atoms with Gasteiger partial charge in [0.2, 0.25) is 29.3 Å². The lowest BCUT2D eigenvalue weighted by Crippen LogP contribution is -2.39. The van der Waals surface area contributed by atoms with Gasteiger partial charge in [0, 0.05) is 37.1 Å². The van der Waals surface area contributed by atoms with Gasteiger partial charge in [0.1, 0.15) is 11.6 Å². The summed E-state index contributed by atoms with van der Waals surface area (Å²) in [6.07, 6.45) is 2.28. The number of ether oxygens (including phenoxy) is 1. The summed E-state index contributed by atoms with van der Waals surface area (Å²) in [5.74, 6) is 2.01. The van der Waals surface area contributed by atoms with Gasteiger partial charge in [-0.05, 0) is 49.2 Å². The van der Waals surface area contributed by atoms with Crippen molar-refractivity contribution in [1.29, 1.82) is 0 Å². The minimum atomic E-state index is -0.361. The largest absolute Gasteiger partial charge is 0.497 e. The summed E-state index contributed by atoms with van der Waals surface area (Å²) in [6, 6.07) is 13.4. The first kappa shape index (κ1) is 22.7. The fourth-order valence-corrected chi connectivity index (χ4v) is 4.14. The molecule has 0 saturated carbocycles. The molecule has 2 aromatic carbocycles. The summed E-state index contributed by atoms with van der Waals surface area (Å²) in [5, 5.41) is 8.01. The van der Waals surface area contributed by atoms with E-state index in [9.17, 15) is 9.18 Å². The van der Waals surface area contributed by atoms with Crippen LogP contribution < -0.4 is 4.74 Å². The van der Waals surface area contributed by atoms with E-state index in [1.165, 1.54) is 12.1 Å². The van der Waals surface area contributed by atoms with Crippen molar-refractivity contribution in [2.45, 2.75) is 31.6 Å². The van der Waals surface area contributed by atoms with Crippen LogP contribution in [0.4, 0.5) is 4.39 Å². The second-order valence-electron chi connectivity index (χ2n) is 8.39. The first-order chi connectivity index (χ1) is 17.1. The SMILES string of the molecule is COc1ccc(-c2noc(CCC(=O)N3CCCC(c4nc(-c5cccc(F)c5)no4)C3)n2)cc1. The molecular weight excluding hydrogens is 453 g/mol. The van der Waals surface area contributed by atoms with E-state index in [0.717, 1.165) is 24.2 Å². The number of methoxy groups -OCH3 is 1. The molecular formula is C25H24FN5O4. The second-order valence-corrected chi connectivity index (χ2v) is 8.39. The molecule has 0 radical (unpaired) electrons. The van der Waals surface area contributed by atoms with Gasteiger partial charge < -0.3 is 18.7 Å². The zero-order chi connectivity index (χ0) is 24.2. The number of aromatic nitrogens is 4. The van der Waals surface area contributed by atoms with Gasteiger partial charge in [0.15, 0.2) is 0 Å². The molecule has 1 fully saturated rings. The number of aryl methyl sites for hydroxylation is 1. The van der Waals surface area contributed by atoms with Crippen molar-refractivity contribution in [3.63, 3.8) is 0 Å². The standard InChI is InChI=1S/C25H24FN5O4/c1-33-20-9-7-16(8-10-20)23-27-21(34-29-23)11-12-22(32)31-13-3-5-18(15-31)25-28-24(30-35-25)17-4-2-6-19(26)14-17/h2,4,6-10,14,18H,3,5,11-13,15H2,1H3. The molecule has 9 nitrogen and oxygen atoms in total. The third kappa shape index (κ3) is 5.21. The summed E-state index contributed by atoms with van der Waals surface area (Å²) >= 11 is 0. The zero-order valence-corrected chi connectivity index (χ0v) is 19.2. The number of amides is 1. The minimum Gasteiger partial charge on any atom is -0.497 e. The Morgan fingerprint density at radius 3 is 2.69 bits per heavy atom. The first-order valence-corrected chi connectivity index (χ1v) is 11.4. The highest BCUT2D eigenvalue weighted by Crippen LogP contribution is 2.28. The molecule has 180 valence electrons. The number of benzene rings is 2. The summed E-state index contributed by atoms with van der Waals surface area (Å²) < 4.78 is 29.5. The van der Waals surface area contributed by atoms with E-state index >= 15 is 0 Å². The zero-order valence-electron chi connectivity index (χ0n) is 19.2. The summed E-state index contributed by atoms with van der Waals surface area (Å²) in [4.78, 5) is 23.5. The maximum Gasteiger partial charge on any atom is 0.231 e. The summed E-state index contributed by atoms with van der Waals surface area (Å²) in [7, 11) is 1.61. The van der Waals surface area contributed by atoms with Crippen LogP contribution in [0.5, 0.6) is 5.75 Å². The maximum atomic E-state index is 13.5. The number of carbonyl (C=O) groups excluding carboxylic acids is 1. The number of hydrogen-bond donors (Lipinski definition) is 0. The molecule has 1 atom stereocenters. The van der Waals surface area contributed by atoms with Gasteiger partial charge in [0.25, 0.3) is 0 Å². The maximum absolute atomic E-state index is 13.5. The van der Waals surface area contributed by atoms with Crippen molar-refractivity contribution < 1.29 is 23.0 Å². The molecule has 1 aliphatic heterocycles. The molecule has 1 unspecified atom stereocenters. The smallest absolute Gasteiger partial charge is 0.231 e. The van der Waals surface area contributed by atoms with Crippen LogP contribution in [0.15, 0.2) is 57.6 Å². The molecule has 1 saturated heterocycles. The number of hydrogen-bond acceptors (Lipinski definition) is 8. The van der Waals surface area contributed by atoms with Gasteiger partial charge in [-0.2, -0.15) is 9.97 Å². The average molecular weight is 477 g/mol. The molecule has 5 rings (SSSR count). The molecule has 10 heteroatoms. The predicted molar refractivity (Wildman–Crippen MR) is 123 cm³/mol. The molecule has 0 aliphatic carbocycles. The van der Waals surface area contributed by atoms with Gasteiger partial charge in [-0.15, -0.1) is 0 Å². The van der Waals surface area contributed by atoms with Crippen LogP contribution in [-0.2, 0) is 11.2 Å². The van der Waals surface area contributed by atoms with Gasteiger partial charge in [0.05, 0.1) is 13.0 Å². The Morgan fingerprint density at radius 1 is 1.09 bits per heavy atom. The Balaban J connectivity index is 1.18. The second kappa shape index (κ2) is 10.0. The number of carbonyl (C=O) groups is 1. The van der Waals surface area contributed by atoms with E-state index in [-0.39, 0.29) is 24.1 Å². The van der Waals surface area contributed by atoms with Crippen LogP contribution in [0.2, 0.25) is 0 Å². The number of rotatable bonds is 7.